The highest BCUT2D eigenvalue weighted by molar-refractivity contribution is 5.45. The van der Waals surface area contributed by atoms with Crippen LogP contribution >= 0.6 is 0 Å². The van der Waals surface area contributed by atoms with Crippen molar-refractivity contribution in [2.75, 3.05) is 32.0 Å². The lowest BCUT2D eigenvalue weighted by atomic mass is 9.97. The van der Waals surface area contributed by atoms with Gasteiger partial charge in [0.2, 0.25) is 0 Å². The Labute approximate surface area is 103 Å². The van der Waals surface area contributed by atoms with Crippen LogP contribution < -0.4 is 5.32 Å². The summed E-state index contributed by atoms with van der Waals surface area (Å²) in [5, 5.41) is 3.34. The summed E-state index contributed by atoms with van der Waals surface area (Å²) >= 11 is 0. The molecule has 1 fully saturated rings. The predicted molar refractivity (Wildman–Crippen MR) is 69.8 cm³/mol. The van der Waals surface area contributed by atoms with Gasteiger partial charge in [0.25, 0.3) is 0 Å². The number of rotatable bonds is 3. The van der Waals surface area contributed by atoms with Gasteiger partial charge in [0.15, 0.2) is 0 Å². The number of nitrogens with one attached hydrogen (secondary N) is 1. The molecule has 3 heteroatoms. The average molecular weight is 236 g/mol. The standard InChI is InChI=1S/C14H21FN2/c1-11-3-4-13(9-14(11)15)16-10-12-5-7-17(2)8-6-12/h3-4,9,12,16H,5-8,10H2,1-2H3. The van der Waals surface area contributed by atoms with E-state index in [1.165, 1.54) is 25.9 Å². The number of hydrogen-bond acceptors (Lipinski definition) is 2. The van der Waals surface area contributed by atoms with Crippen LogP contribution in [0.4, 0.5) is 10.1 Å². The molecule has 0 aromatic heterocycles. The van der Waals surface area contributed by atoms with E-state index >= 15 is 0 Å². The number of anilines is 1. The van der Waals surface area contributed by atoms with Gasteiger partial charge in [-0.25, -0.2) is 4.39 Å². The molecule has 0 aliphatic carbocycles. The Morgan fingerprint density at radius 1 is 1.35 bits per heavy atom. The Hall–Kier alpha value is -1.09. The molecule has 1 aromatic rings. The van der Waals surface area contributed by atoms with Crippen LogP contribution in [0.1, 0.15) is 18.4 Å². The topological polar surface area (TPSA) is 15.3 Å². The first-order valence-corrected chi connectivity index (χ1v) is 6.33. The second kappa shape index (κ2) is 5.50. The van der Waals surface area contributed by atoms with Gasteiger partial charge in [-0.2, -0.15) is 0 Å². The van der Waals surface area contributed by atoms with E-state index in [0.717, 1.165) is 18.2 Å². The summed E-state index contributed by atoms with van der Waals surface area (Å²) < 4.78 is 13.3. The van der Waals surface area contributed by atoms with E-state index in [1.54, 1.807) is 13.0 Å². The second-order valence-electron chi connectivity index (χ2n) is 5.09. The smallest absolute Gasteiger partial charge is 0.128 e. The monoisotopic (exact) mass is 236 g/mol. The molecule has 1 aliphatic heterocycles. The highest BCUT2D eigenvalue weighted by Gasteiger charge is 2.16. The molecule has 0 amide bonds. The molecule has 2 nitrogen and oxygen atoms in total. The average Bonchev–Trinajstić information content (AvgIpc) is 2.33. The normalized spacial score (nSPS) is 18.3. The van der Waals surface area contributed by atoms with Gasteiger partial charge in [0.1, 0.15) is 5.82 Å². The zero-order valence-electron chi connectivity index (χ0n) is 10.7. The number of likely N-dealkylation sites (tertiary alicyclic amines) is 1. The van der Waals surface area contributed by atoms with Crippen LogP contribution in [0, 0.1) is 18.7 Å². The minimum Gasteiger partial charge on any atom is -0.385 e. The maximum atomic E-state index is 13.3. The lowest BCUT2D eigenvalue weighted by molar-refractivity contribution is 0.226. The van der Waals surface area contributed by atoms with E-state index in [2.05, 4.69) is 17.3 Å². The van der Waals surface area contributed by atoms with Crippen LogP contribution in [-0.2, 0) is 0 Å². The highest BCUT2D eigenvalue weighted by Crippen LogP contribution is 2.18. The van der Waals surface area contributed by atoms with Crippen LogP contribution in [0.25, 0.3) is 0 Å². The predicted octanol–water partition coefficient (Wildman–Crippen LogP) is 2.89. The number of hydrogen-bond donors (Lipinski definition) is 1. The summed E-state index contributed by atoms with van der Waals surface area (Å²) in [6, 6.07) is 5.37. The first kappa shape index (κ1) is 12.4. The van der Waals surface area contributed by atoms with Crippen molar-refractivity contribution >= 4 is 5.69 Å². The van der Waals surface area contributed by atoms with Crippen LogP contribution in [0.5, 0.6) is 0 Å². The van der Waals surface area contributed by atoms with Crippen LogP contribution in [0.2, 0.25) is 0 Å². The molecule has 1 saturated heterocycles. The molecule has 0 saturated carbocycles. The van der Waals surface area contributed by atoms with Gasteiger partial charge < -0.3 is 10.2 Å². The van der Waals surface area contributed by atoms with Crippen molar-refractivity contribution in [3.8, 4) is 0 Å². The Bertz CT molecular complexity index is 370. The molecule has 1 aliphatic rings. The molecule has 1 N–H and O–H groups in total. The van der Waals surface area contributed by atoms with Crippen molar-refractivity contribution in [2.45, 2.75) is 19.8 Å². The molecule has 0 atom stereocenters. The quantitative estimate of drug-likeness (QED) is 0.868. The first-order chi connectivity index (χ1) is 8.15. The van der Waals surface area contributed by atoms with Crippen LogP contribution in [-0.4, -0.2) is 31.6 Å². The Morgan fingerprint density at radius 3 is 2.71 bits per heavy atom. The second-order valence-corrected chi connectivity index (χ2v) is 5.09. The summed E-state index contributed by atoms with van der Waals surface area (Å²) in [7, 11) is 2.17. The van der Waals surface area contributed by atoms with E-state index in [-0.39, 0.29) is 5.82 Å². The number of piperidine rings is 1. The van der Waals surface area contributed by atoms with E-state index < -0.39 is 0 Å². The Balaban J connectivity index is 1.83. The van der Waals surface area contributed by atoms with Crippen molar-refractivity contribution in [3.63, 3.8) is 0 Å². The van der Waals surface area contributed by atoms with Crippen molar-refractivity contribution < 1.29 is 4.39 Å². The fraction of sp³-hybridized carbons (Fsp3) is 0.571. The number of aryl methyl sites for hydroxylation is 1. The third-order valence-electron chi connectivity index (χ3n) is 3.60. The van der Waals surface area contributed by atoms with Crippen LogP contribution in [0.15, 0.2) is 18.2 Å². The number of benzene rings is 1. The lowest BCUT2D eigenvalue weighted by Gasteiger charge is -2.29. The summed E-state index contributed by atoms with van der Waals surface area (Å²) in [5.41, 5.74) is 1.60. The molecular weight excluding hydrogens is 215 g/mol. The minimum absolute atomic E-state index is 0.127. The summed E-state index contributed by atoms with van der Waals surface area (Å²) in [6.07, 6.45) is 2.47. The number of nitrogens with zero attached hydrogens (tertiary/aromatic N) is 1. The van der Waals surface area contributed by atoms with Gasteiger partial charge in [0, 0.05) is 12.2 Å². The molecule has 0 spiro atoms. The van der Waals surface area contributed by atoms with Gasteiger partial charge in [-0.3, -0.25) is 0 Å². The lowest BCUT2D eigenvalue weighted by Crippen LogP contribution is -2.32. The van der Waals surface area contributed by atoms with Gasteiger partial charge in [0.05, 0.1) is 0 Å². The highest BCUT2D eigenvalue weighted by atomic mass is 19.1. The zero-order valence-corrected chi connectivity index (χ0v) is 10.7. The van der Waals surface area contributed by atoms with Crippen LogP contribution in [0.3, 0.4) is 0 Å². The van der Waals surface area contributed by atoms with Gasteiger partial charge >= 0.3 is 0 Å². The van der Waals surface area contributed by atoms with Gasteiger partial charge in [-0.1, -0.05) is 6.07 Å². The van der Waals surface area contributed by atoms with Crippen molar-refractivity contribution in [1.82, 2.24) is 4.90 Å². The van der Waals surface area contributed by atoms with E-state index in [0.29, 0.717) is 5.56 Å². The maximum absolute atomic E-state index is 13.3. The summed E-state index contributed by atoms with van der Waals surface area (Å²) in [5.74, 6) is 0.592. The molecule has 2 rings (SSSR count). The first-order valence-electron chi connectivity index (χ1n) is 6.33. The molecule has 17 heavy (non-hydrogen) atoms. The van der Waals surface area contributed by atoms with Crippen molar-refractivity contribution in [2.24, 2.45) is 5.92 Å². The summed E-state index contributed by atoms with van der Waals surface area (Å²) in [6.45, 7) is 5.09. The minimum atomic E-state index is -0.127. The fourth-order valence-electron chi connectivity index (χ4n) is 2.23. The number of halogens is 1. The SMILES string of the molecule is Cc1ccc(NCC2CCN(C)CC2)cc1F. The fourth-order valence-corrected chi connectivity index (χ4v) is 2.23. The molecule has 0 unspecified atom stereocenters. The van der Waals surface area contributed by atoms with E-state index in [4.69, 9.17) is 0 Å². The Morgan fingerprint density at radius 2 is 2.06 bits per heavy atom. The molecular formula is C14H21FN2. The van der Waals surface area contributed by atoms with Crippen molar-refractivity contribution in [1.29, 1.82) is 0 Å². The van der Waals surface area contributed by atoms with Gasteiger partial charge in [-0.05, 0) is 63.5 Å². The van der Waals surface area contributed by atoms with E-state index in [1.807, 2.05) is 12.1 Å². The Kier molecular flexibility index (Phi) is 4.00. The van der Waals surface area contributed by atoms with E-state index in [9.17, 15) is 4.39 Å². The molecule has 1 heterocycles. The van der Waals surface area contributed by atoms with Gasteiger partial charge in [-0.15, -0.1) is 0 Å². The molecule has 0 bridgehead atoms. The zero-order chi connectivity index (χ0) is 12.3. The molecule has 1 aromatic carbocycles. The largest absolute Gasteiger partial charge is 0.385 e. The molecule has 94 valence electrons. The third-order valence-corrected chi connectivity index (χ3v) is 3.60. The van der Waals surface area contributed by atoms with Crippen molar-refractivity contribution in [3.05, 3.63) is 29.6 Å². The third kappa shape index (κ3) is 3.43. The maximum Gasteiger partial charge on any atom is 0.128 e. The molecule has 0 radical (unpaired) electrons. The summed E-state index contributed by atoms with van der Waals surface area (Å²) in [4.78, 5) is 2.36.